The molecule has 1 saturated heterocycles. The van der Waals surface area contributed by atoms with E-state index in [-0.39, 0.29) is 5.91 Å². The van der Waals surface area contributed by atoms with Crippen molar-refractivity contribution in [2.45, 2.75) is 37.9 Å². The summed E-state index contributed by atoms with van der Waals surface area (Å²) >= 11 is 0. The van der Waals surface area contributed by atoms with Gasteiger partial charge in [-0.05, 0) is 42.0 Å². The van der Waals surface area contributed by atoms with E-state index in [0.717, 1.165) is 12.8 Å². The lowest BCUT2D eigenvalue weighted by atomic mass is 9.88. The molecule has 0 saturated carbocycles. The van der Waals surface area contributed by atoms with E-state index in [4.69, 9.17) is 4.79 Å². The van der Waals surface area contributed by atoms with E-state index >= 15 is 0 Å². The average Bonchev–Trinajstić information content (AvgIpc) is 2.72. The first-order valence-corrected chi connectivity index (χ1v) is 9.22. The van der Waals surface area contributed by atoms with Crippen LogP contribution in [0.4, 0.5) is 0 Å². The van der Waals surface area contributed by atoms with E-state index in [1.54, 1.807) is 11.9 Å². The van der Waals surface area contributed by atoms with Crippen molar-refractivity contribution in [3.05, 3.63) is 48.0 Å². The Hall–Kier alpha value is -2.44. The molecule has 1 aliphatic rings. The minimum atomic E-state index is -1.31. The van der Waals surface area contributed by atoms with Crippen molar-refractivity contribution in [3.63, 3.8) is 0 Å². The van der Waals surface area contributed by atoms with Gasteiger partial charge < -0.3 is 20.4 Å². The molecule has 1 fully saturated rings. The van der Waals surface area contributed by atoms with Crippen LogP contribution in [0.3, 0.4) is 0 Å². The number of benzene rings is 2. The van der Waals surface area contributed by atoms with Crippen LogP contribution in [-0.4, -0.2) is 59.8 Å². The summed E-state index contributed by atoms with van der Waals surface area (Å²) in [6, 6.07) is 14.9. The Morgan fingerprint density at radius 3 is 2.30 bits per heavy atom. The molecule has 2 unspecified atom stereocenters. The number of nitrogens with one attached hydrogen (secondary N) is 1. The average molecular weight is 372 g/mol. The summed E-state index contributed by atoms with van der Waals surface area (Å²) < 4.78 is 0. The molecule has 1 aliphatic heterocycles. The van der Waals surface area contributed by atoms with Crippen LogP contribution in [0, 0.1) is 0 Å². The fourth-order valence-corrected chi connectivity index (χ4v) is 3.29. The standard InChI is InChI=1S/C19H23NO3.C2H5NO/c1-13(21)18(22)19(23)20-10-8-15(9-11-20)17-7-6-14-4-2-3-5-16(14)12-17;1-3-2-4/h2-7,12-13,15,18,21-22H,8-11H2,1H3;2H,1H3,(H,3,4). The molecule has 6 heteroatoms. The van der Waals surface area contributed by atoms with E-state index in [9.17, 15) is 15.0 Å². The Bertz CT molecular complexity index is 755. The number of piperidine rings is 1. The number of hydrogen-bond acceptors (Lipinski definition) is 4. The van der Waals surface area contributed by atoms with Gasteiger partial charge in [0.15, 0.2) is 6.10 Å². The van der Waals surface area contributed by atoms with Crippen LogP contribution in [-0.2, 0) is 9.59 Å². The molecule has 6 nitrogen and oxygen atoms in total. The molecule has 0 radical (unpaired) electrons. The summed E-state index contributed by atoms with van der Waals surface area (Å²) in [7, 11) is 1.56. The molecule has 2 aromatic carbocycles. The lowest BCUT2D eigenvalue weighted by Crippen LogP contribution is -2.47. The summed E-state index contributed by atoms with van der Waals surface area (Å²) in [4.78, 5) is 22.8. The van der Waals surface area contributed by atoms with Crippen molar-refractivity contribution in [1.82, 2.24) is 10.2 Å². The topological polar surface area (TPSA) is 89.9 Å². The summed E-state index contributed by atoms with van der Waals surface area (Å²) in [5.41, 5.74) is 1.31. The zero-order valence-corrected chi connectivity index (χ0v) is 15.8. The zero-order valence-electron chi connectivity index (χ0n) is 15.8. The normalized spacial score (nSPS) is 16.8. The molecule has 0 spiro atoms. The number of amides is 2. The van der Waals surface area contributed by atoms with Crippen molar-refractivity contribution in [3.8, 4) is 0 Å². The van der Waals surface area contributed by atoms with Crippen molar-refractivity contribution in [1.29, 1.82) is 0 Å². The molecular weight excluding hydrogens is 344 g/mol. The molecule has 1 heterocycles. The van der Waals surface area contributed by atoms with Gasteiger partial charge in [0.2, 0.25) is 6.41 Å². The summed E-state index contributed by atoms with van der Waals surface area (Å²) in [5.74, 6) is 0.0734. The smallest absolute Gasteiger partial charge is 0.254 e. The fourth-order valence-electron chi connectivity index (χ4n) is 3.29. The lowest BCUT2D eigenvalue weighted by molar-refractivity contribution is -0.146. The Kier molecular flexibility index (Phi) is 7.76. The molecule has 0 bridgehead atoms. The third-order valence-electron chi connectivity index (χ3n) is 4.88. The molecule has 3 N–H and O–H groups in total. The highest BCUT2D eigenvalue weighted by Crippen LogP contribution is 2.30. The maximum atomic E-state index is 12.1. The number of aliphatic hydroxyl groups excluding tert-OH is 2. The molecule has 2 amide bonds. The second-order valence-electron chi connectivity index (χ2n) is 6.80. The van der Waals surface area contributed by atoms with Gasteiger partial charge in [0, 0.05) is 20.1 Å². The number of fused-ring (bicyclic) bond motifs is 1. The maximum Gasteiger partial charge on any atom is 0.254 e. The number of carbonyl (C=O) groups is 2. The van der Waals surface area contributed by atoms with E-state index in [2.05, 4.69) is 35.6 Å². The molecule has 2 atom stereocenters. The van der Waals surface area contributed by atoms with Crippen LogP contribution in [0.25, 0.3) is 10.8 Å². The van der Waals surface area contributed by atoms with Gasteiger partial charge in [-0.25, -0.2) is 0 Å². The van der Waals surface area contributed by atoms with Crippen LogP contribution in [0.15, 0.2) is 42.5 Å². The lowest BCUT2D eigenvalue weighted by Gasteiger charge is -2.34. The van der Waals surface area contributed by atoms with Gasteiger partial charge in [-0.2, -0.15) is 0 Å². The van der Waals surface area contributed by atoms with E-state index in [1.807, 2.05) is 12.1 Å². The van der Waals surface area contributed by atoms with Crippen LogP contribution in [0.1, 0.15) is 31.2 Å². The molecule has 0 aliphatic carbocycles. The minimum Gasteiger partial charge on any atom is -0.390 e. The van der Waals surface area contributed by atoms with E-state index in [0.29, 0.717) is 25.4 Å². The van der Waals surface area contributed by atoms with Crippen LogP contribution in [0.2, 0.25) is 0 Å². The fraction of sp³-hybridized carbons (Fsp3) is 0.429. The van der Waals surface area contributed by atoms with Crippen LogP contribution < -0.4 is 5.32 Å². The predicted molar refractivity (Wildman–Crippen MR) is 105 cm³/mol. The van der Waals surface area contributed by atoms with Crippen molar-refractivity contribution in [2.24, 2.45) is 0 Å². The number of hydrogen-bond donors (Lipinski definition) is 3. The molecule has 3 rings (SSSR count). The van der Waals surface area contributed by atoms with E-state index in [1.165, 1.54) is 23.3 Å². The number of likely N-dealkylation sites (tertiary alicyclic amines) is 1. The Balaban J connectivity index is 0.000000596. The molecular formula is C21H28N2O4. The first-order chi connectivity index (χ1) is 13.0. The first-order valence-electron chi connectivity index (χ1n) is 9.22. The number of nitrogens with zero attached hydrogens (tertiary/aromatic N) is 1. The highest BCUT2D eigenvalue weighted by Gasteiger charge is 2.29. The number of carbonyl (C=O) groups excluding carboxylic acids is 2. The van der Waals surface area contributed by atoms with Crippen LogP contribution >= 0.6 is 0 Å². The monoisotopic (exact) mass is 372 g/mol. The SMILES string of the molecule is CC(O)C(O)C(=O)N1CCC(c2ccc3ccccc3c2)CC1.CNC=O. The maximum absolute atomic E-state index is 12.1. The van der Waals surface area contributed by atoms with Crippen molar-refractivity contribution >= 4 is 23.1 Å². The zero-order chi connectivity index (χ0) is 19.8. The first kappa shape index (κ1) is 20.9. The highest BCUT2D eigenvalue weighted by molar-refractivity contribution is 5.83. The minimum absolute atomic E-state index is 0.364. The van der Waals surface area contributed by atoms with Crippen LogP contribution in [0.5, 0.6) is 0 Å². The van der Waals surface area contributed by atoms with Gasteiger partial charge in [-0.3, -0.25) is 9.59 Å². The van der Waals surface area contributed by atoms with Gasteiger partial charge >= 0.3 is 0 Å². The van der Waals surface area contributed by atoms with Gasteiger partial charge in [0.1, 0.15) is 0 Å². The molecule has 2 aromatic rings. The van der Waals surface area contributed by atoms with Crippen molar-refractivity contribution < 1.29 is 19.8 Å². The number of rotatable bonds is 4. The largest absolute Gasteiger partial charge is 0.390 e. The summed E-state index contributed by atoms with van der Waals surface area (Å²) in [6.07, 6.45) is 0.0562. The summed E-state index contributed by atoms with van der Waals surface area (Å²) in [6.45, 7) is 2.69. The molecule has 0 aromatic heterocycles. The van der Waals surface area contributed by atoms with Gasteiger partial charge in [0.05, 0.1) is 6.10 Å². The van der Waals surface area contributed by atoms with Crippen molar-refractivity contribution in [2.75, 3.05) is 20.1 Å². The predicted octanol–water partition coefficient (Wildman–Crippen LogP) is 1.65. The highest BCUT2D eigenvalue weighted by atomic mass is 16.3. The number of aliphatic hydroxyl groups is 2. The quantitative estimate of drug-likeness (QED) is 0.712. The van der Waals surface area contributed by atoms with Gasteiger partial charge in [-0.15, -0.1) is 0 Å². The second-order valence-corrected chi connectivity index (χ2v) is 6.80. The Labute approximate surface area is 159 Å². The third-order valence-corrected chi connectivity index (χ3v) is 4.88. The van der Waals surface area contributed by atoms with E-state index < -0.39 is 12.2 Å². The molecule has 27 heavy (non-hydrogen) atoms. The van der Waals surface area contributed by atoms with Gasteiger partial charge in [-0.1, -0.05) is 42.5 Å². The molecule has 146 valence electrons. The Morgan fingerprint density at radius 1 is 1.15 bits per heavy atom. The Morgan fingerprint density at radius 2 is 1.74 bits per heavy atom. The second kappa shape index (κ2) is 10.0. The third kappa shape index (κ3) is 5.52. The van der Waals surface area contributed by atoms with Gasteiger partial charge in [0.25, 0.3) is 5.91 Å². The summed E-state index contributed by atoms with van der Waals surface area (Å²) in [5, 5.41) is 23.8.